The van der Waals surface area contributed by atoms with Crippen molar-refractivity contribution in [2.45, 2.75) is 62.7 Å². The van der Waals surface area contributed by atoms with Crippen molar-refractivity contribution in [3.05, 3.63) is 47.7 Å². The molecule has 2 atom stereocenters. The van der Waals surface area contributed by atoms with E-state index < -0.39 is 33.8 Å². The van der Waals surface area contributed by atoms with Crippen molar-refractivity contribution in [1.82, 2.24) is 9.88 Å². The summed E-state index contributed by atoms with van der Waals surface area (Å²) in [5.41, 5.74) is 2.82. The number of carbonyl (C=O) groups excluding carboxylic acids is 1. The van der Waals surface area contributed by atoms with Crippen LogP contribution in [0.1, 0.15) is 43.7 Å². The molecule has 12 heteroatoms. The number of hydrogen-bond donors (Lipinski definition) is 0. The predicted molar refractivity (Wildman–Crippen MR) is 141 cm³/mol. The molecular weight excluding hydrogens is 549 g/mol. The Morgan fingerprint density at radius 3 is 2.62 bits per heavy atom. The average molecular weight is 583 g/mol. The van der Waals surface area contributed by atoms with E-state index in [-0.39, 0.29) is 30.5 Å². The number of halogens is 3. The van der Waals surface area contributed by atoms with Crippen LogP contribution < -0.4 is 4.74 Å². The zero-order valence-corrected chi connectivity index (χ0v) is 23.1. The lowest BCUT2D eigenvalue weighted by atomic mass is 9.83. The van der Waals surface area contributed by atoms with E-state index in [9.17, 15) is 26.4 Å². The molecule has 1 aromatic heterocycles. The highest BCUT2D eigenvalue weighted by Crippen LogP contribution is 2.41. The molecule has 2 saturated heterocycles. The van der Waals surface area contributed by atoms with Crippen LogP contribution in [0.3, 0.4) is 0 Å². The van der Waals surface area contributed by atoms with Crippen LogP contribution in [0.2, 0.25) is 0 Å². The number of alkyl halides is 3. The summed E-state index contributed by atoms with van der Waals surface area (Å²) in [4.78, 5) is 18.0. The van der Waals surface area contributed by atoms with Gasteiger partial charge in [0.15, 0.2) is 15.9 Å². The lowest BCUT2D eigenvalue weighted by Gasteiger charge is -2.44. The van der Waals surface area contributed by atoms with Gasteiger partial charge in [-0.2, -0.15) is 13.2 Å². The second-order valence-electron chi connectivity index (χ2n) is 11.0. The molecule has 2 unspecified atom stereocenters. The zero-order valence-electron chi connectivity index (χ0n) is 22.3. The third-order valence-corrected chi connectivity index (χ3v) is 9.68. The summed E-state index contributed by atoms with van der Waals surface area (Å²) < 4.78 is 79.6. The molecular formula is C28H33F3N2O6S. The predicted octanol–water partition coefficient (Wildman–Crippen LogP) is 4.95. The summed E-state index contributed by atoms with van der Waals surface area (Å²) in [7, 11) is -3.25. The molecule has 0 saturated carbocycles. The SMILES string of the molecule is CC(OC(=O)N1CCC2(CCc3cc(-c4ccc(CS(=O)(=O)CC5CCOC5)cn4)ccc3O2)CC1)C(F)(F)F. The number of likely N-dealkylation sites (tertiary alicyclic amines) is 1. The number of benzene rings is 1. The molecule has 1 aromatic carbocycles. The number of ether oxygens (including phenoxy) is 3. The van der Waals surface area contributed by atoms with E-state index in [4.69, 9.17) is 9.47 Å². The van der Waals surface area contributed by atoms with Gasteiger partial charge in [0.05, 0.1) is 23.8 Å². The van der Waals surface area contributed by atoms with Gasteiger partial charge in [0.2, 0.25) is 0 Å². The van der Waals surface area contributed by atoms with Crippen molar-refractivity contribution in [3.8, 4) is 17.0 Å². The summed E-state index contributed by atoms with van der Waals surface area (Å²) >= 11 is 0. The number of hydrogen-bond acceptors (Lipinski definition) is 7. The standard InChI is InChI=1S/C28H33F3N2O6S/c1-19(28(29,30)31)38-26(34)33-11-9-27(10-12-33)8-6-23-14-22(3-5-25(23)39-27)24-4-2-20(15-32-24)17-40(35,36)18-21-7-13-37-16-21/h2-5,14-15,19,21H,6-13,16-18H2,1H3. The van der Waals surface area contributed by atoms with Crippen LogP contribution in [0.5, 0.6) is 5.75 Å². The molecule has 2 fully saturated rings. The second-order valence-corrected chi connectivity index (χ2v) is 13.1. The van der Waals surface area contributed by atoms with Gasteiger partial charge >= 0.3 is 12.3 Å². The van der Waals surface area contributed by atoms with E-state index in [1.807, 2.05) is 24.3 Å². The van der Waals surface area contributed by atoms with Crippen LogP contribution in [-0.2, 0) is 31.5 Å². The highest BCUT2D eigenvalue weighted by Gasteiger charge is 2.43. The van der Waals surface area contributed by atoms with Gasteiger partial charge in [0.1, 0.15) is 11.4 Å². The number of piperidine rings is 1. The van der Waals surface area contributed by atoms with E-state index in [1.54, 1.807) is 12.3 Å². The van der Waals surface area contributed by atoms with Crippen molar-refractivity contribution in [2.24, 2.45) is 5.92 Å². The van der Waals surface area contributed by atoms with Crippen LogP contribution in [-0.4, -0.2) is 74.3 Å². The fraction of sp³-hybridized carbons (Fsp3) is 0.571. The minimum atomic E-state index is -4.59. The molecule has 0 bridgehead atoms. The van der Waals surface area contributed by atoms with Gasteiger partial charge < -0.3 is 19.1 Å². The first-order valence-corrected chi connectivity index (χ1v) is 15.3. The monoisotopic (exact) mass is 582 g/mol. The number of sulfone groups is 1. The van der Waals surface area contributed by atoms with Crippen LogP contribution in [0.15, 0.2) is 36.5 Å². The molecule has 0 N–H and O–H groups in total. The number of pyridine rings is 1. The summed E-state index contributed by atoms with van der Waals surface area (Å²) in [6.07, 6.45) is -2.84. The Kier molecular flexibility index (Phi) is 8.02. The summed E-state index contributed by atoms with van der Waals surface area (Å²) in [6.45, 7) is 2.46. The molecule has 4 heterocycles. The van der Waals surface area contributed by atoms with E-state index in [0.717, 1.165) is 48.8 Å². The Labute approximate surface area is 231 Å². The maximum absolute atomic E-state index is 12.7. The van der Waals surface area contributed by atoms with Gasteiger partial charge in [-0.25, -0.2) is 13.2 Å². The fourth-order valence-electron chi connectivity index (χ4n) is 5.49. The molecule has 5 rings (SSSR count). The van der Waals surface area contributed by atoms with Gasteiger partial charge in [0.25, 0.3) is 0 Å². The minimum Gasteiger partial charge on any atom is -0.487 e. The van der Waals surface area contributed by atoms with Crippen molar-refractivity contribution < 1.29 is 40.6 Å². The molecule has 40 heavy (non-hydrogen) atoms. The number of nitrogens with zero attached hydrogens (tertiary/aromatic N) is 2. The summed E-state index contributed by atoms with van der Waals surface area (Å²) in [5, 5.41) is 0. The topological polar surface area (TPSA) is 95.0 Å². The quantitative estimate of drug-likeness (QED) is 0.476. The largest absolute Gasteiger partial charge is 0.487 e. The van der Waals surface area contributed by atoms with Gasteiger partial charge in [-0.05, 0) is 67.5 Å². The smallest absolute Gasteiger partial charge is 0.425 e. The first-order chi connectivity index (χ1) is 18.9. The Morgan fingerprint density at radius 1 is 1.20 bits per heavy atom. The van der Waals surface area contributed by atoms with Crippen molar-refractivity contribution >= 4 is 15.9 Å². The summed E-state index contributed by atoms with van der Waals surface area (Å²) in [6, 6.07) is 9.43. The van der Waals surface area contributed by atoms with Gasteiger partial charge in [-0.3, -0.25) is 4.98 Å². The van der Waals surface area contributed by atoms with Crippen LogP contribution in [0.4, 0.5) is 18.0 Å². The van der Waals surface area contributed by atoms with E-state index in [1.165, 1.54) is 4.90 Å². The third kappa shape index (κ3) is 6.71. The highest BCUT2D eigenvalue weighted by atomic mass is 32.2. The number of rotatable bonds is 6. The maximum atomic E-state index is 12.7. The molecule has 0 radical (unpaired) electrons. The van der Waals surface area contributed by atoms with Crippen molar-refractivity contribution in [3.63, 3.8) is 0 Å². The van der Waals surface area contributed by atoms with Crippen LogP contribution in [0.25, 0.3) is 11.3 Å². The summed E-state index contributed by atoms with van der Waals surface area (Å²) in [5.74, 6) is 0.883. The minimum absolute atomic E-state index is 0.0482. The average Bonchev–Trinajstić information content (AvgIpc) is 3.40. The molecule has 2 aromatic rings. The second kappa shape index (κ2) is 11.2. The Bertz CT molecular complexity index is 1320. The normalized spacial score (nSPS) is 21.5. The first-order valence-electron chi connectivity index (χ1n) is 13.5. The van der Waals surface area contributed by atoms with E-state index in [2.05, 4.69) is 9.72 Å². The number of amides is 1. The van der Waals surface area contributed by atoms with Gasteiger partial charge in [-0.1, -0.05) is 6.07 Å². The molecule has 1 spiro atoms. The van der Waals surface area contributed by atoms with Crippen molar-refractivity contribution in [2.75, 3.05) is 32.1 Å². The number of carbonyl (C=O) groups is 1. The number of aromatic nitrogens is 1. The number of fused-ring (bicyclic) bond motifs is 1. The molecule has 0 aliphatic carbocycles. The fourth-order valence-corrected chi connectivity index (χ4v) is 7.27. The molecule has 8 nitrogen and oxygen atoms in total. The highest BCUT2D eigenvalue weighted by molar-refractivity contribution is 7.90. The molecule has 3 aliphatic rings. The Balaban J connectivity index is 1.17. The van der Waals surface area contributed by atoms with Crippen LogP contribution >= 0.6 is 0 Å². The first kappa shape index (κ1) is 28.7. The zero-order chi connectivity index (χ0) is 28.5. The van der Waals surface area contributed by atoms with Gasteiger partial charge in [-0.15, -0.1) is 0 Å². The molecule has 218 valence electrons. The van der Waals surface area contributed by atoms with Crippen molar-refractivity contribution in [1.29, 1.82) is 0 Å². The lowest BCUT2D eigenvalue weighted by Crippen LogP contribution is -2.52. The Hall–Kier alpha value is -2.86. The Morgan fingerprint density at radius 2 is 1.98 bits per heavy atom. The molecule has 3 aliphatic heterocycles. The van der Waals surface area contributed by atoms with Gasteiger partial charge in [0, 0.05) is 44.3 Å². The maximum Gasteiger partial charge on any atom is 0.425 e. The lowest BCUT2D eigenvalue weighted by molar-refractivity contribution is -0.200. The van der Waals surface area contributed by atoms with E-state index in [0.29, 0.717) is 31.6 Å². The third-order valence-electron chi connectivity index (χ3n) is 7.93. The van der Waals surface area contributed by atoms with Crippen LogP contribution in [0, 0.1) is 5.92 Å². The molecule has 1 amide bonds. The van der Waals surface area contributed by atoms with E-state index >= 15 is 0 Å². The number of aryl methyl sites for hydroxylation is 1.